The molecule has 8 nitrogen and oxygen atoms in total. The number of rotatable bonds is 5. The van der Waals surface area contributed by atoms with Crippen molar-refractivity contribution in [1.29, 1.82) is 0 Å². The van der Waals surface area contributed by atoms with Crippen LogP contribution in [0.3, 0.4) is 0 Å². The lowest BCUT2D eigenvalue weighted by Gasteiger charge is -2.37. The van der Waals surface area contributed by atoms with Gasteiger partial charge in [0.2, 0.25) is 0 Å². The summed E-state index contributed by atoms with van der Waals surface area (Å²) in [6, 6.07) is 7.83. The third kappa shape index (κ3) is 4.01. The first-order chi connectivity index (χ1) is 15.1. The summed E-state index contributed by atoms with van der Waals surface area (Å²) < 4.78 is 20.5. The Labute approximate surface area is 178 Å². The minimum Gasteiger partial charge on any atom is -0.424 e. The van der Waals surface area contributed by atoms with E-state index >= 15 is 0 Å². The van der Waals surface area contributed by atoms with Gasteiger partial charge in [-0.05, 0) is 56.7 Å². The Morgan fingerprint density at radius 3 is 2.90 bits per heavy atom. The highest BCUT2D eigenvalue weighted by molar-refractivity contribution is 5.74. The molecule has 0 amide bonds. The van der Waals surface area contributed by atoms with Gasteiger partial charge in [-0.3, -0.25) is 4.79 Å². The fourth-order valence-electron chi connectivity index (χ4n) is 4.71. The maximum Gasteiger partial charge on any atom is 0.295 e. The minimum absolute atomic E-state index is 0.146. The molecule has 0 radical (unpaired) electrons. The van der Waals surface area contributed by atoms with Crippen LogP contribution in [-0.2, 0) is 0 Å². The van der Waals surface area contributed by atoms with Crippen LogP contribution in [0, 0.1) is 5.82 Å². The van der Waals surface area contributed by atoms with Crippen LogP contribution in [0.25, 0.3) is 11.1 Å². The number of anilines is 2. The number of nitrogens with zero attached hydrogens (tertiary/aromatic N) is 4. The normalized spacial score (nSPS) is 24.1. The molecule has 164 valence electrons. The van der Waals surface area contributed by atoms with Gasteiger partial charge in [-0.15, -0.1) is 0 Å². The summed E-state index contributed by atoms with van der Waals surface area (Å²) in [5, 5.41) is 18.1. The van der Waals surface area contributed by atoms with Gasteiger partial charge in [0.1, 0.15) is 17.2 Å². The van der Waals surface area contributed by atoms with Crippen molar-refractivity contribution in [3.05, 3.63) is 46.5 Å². The molecule has 1 aliphatic carbocycles. The van der Waals surface area contributed by atoms with Crippen LogP contribution in [-0.4, -0.2) is 45.1 Å². The summed E-state index contributed by atoms with van der Waals surface area (Å²) in [6.45, 7) is 1.42. The number of nitrogens with one attached hydrogen (secondary N) is 1. The SMILES string of the molecule is O=c1ccc(N2CCCCC2CNc2nc3cc(F)ccc3o2)nn1C1CCCC1O. The second-order valence-electron chi connectivity index (χ2n) is 8.39. The van der Waals surface area contributed by atoms with Gasteiger partial charge in [0.25, 0.3) is 11.6 Å². The minimum atomic E-state index is -0.525. The fourth-order valence-corrected chi connectivity index (χ4v) is 4.71. The molecule has 1 aliphatic heterocycles. The van der Waals surface area contributed by atoms with Crippen molar-refractivity contribution in [1.82, 2.24) is 14.8 Å². The zero-order chi connectivity index (χ0) is 21.4. The molecule has 1 saturated heterocycles. The van der Waals surface area contributed by atoms with Crippen molar-refractivity contribution in [3.8, 4) is 0 Å². The lowest BCUT2D eigenvalue weighted by molar-refractivity contribution is 0.127. The Bertz CT molecular complexity index is 1130. The van der Waals surface area contributed by atoms with Crippen LogP contribution in [0.5, 0.6) is 0 Å². The van der Waals surface area contributed by atoms with Crippen LogP contribution in [0.1, 0.15) is 44.6 Å². The van der Waals surface area contributed by atoms with Gasteiger partial charge in [0.05, 0.1) is 12.1 Å². The molecule has 1 saturated carbocycles. The Kier molecular flexibility index (Phi) is 5.35. The molecule has 2 fully saturated rings. The van der Waals surface area contributed by atoms with E-state index in [4.69, 9.17) is 4.42 Å². The number of fused-ring (bicyclic) bond motifs is 1. The third-order valence-corrected chi connectivity index (χ3v) is 6.33. The van der Waals surface area contributed by atoms with Gasteiger partial charge in [-0.1, -0.05) is 0 Å². The molecule has 9 heteroatoms. The molecule has 3 unspecified atom stereocenters. The lowest BCUT2D eigenvalue weighted by Crippen LogP contribution is -2.45. The van der Waals surface area contributed by atoms with Gasteiger partial charge in [0, 0.05) is 31.3 Å². The van der Waals surface area contributed by atoms with Crippen molar-refractivity contribution < 1.29 is 13.9 Å². The Hall–Kier alpha value is -2.94. The first kappa shape index (κ1) is 20.0. The first-order valence-corrected chi connectivity index (χ1v) is 10.9. The van der Waals surface area contributed by atoms with Crippen LogP contribution < -0.4 is 15.8 Å². The second kappa shape index (κ2) is 8.30. The molecule has 2 aliphatic rings. The molecule has 3 heterocycles. The predicted molar refractivity (Wildman–Crippen MR) is 115 cm³/mol. The largest absolute Gasteiger partial charge is 0.424 e. The van der Waals surface area contributed by atoms with E-state index in [2.05, 4.69) is 20.3 Å². The Morgan fingerprint density at radius 2 is 2.06 bits per heavy atom. The van der Waals surface area contributed by atoms with E-state index in [1.165, 1.54) is 16.8 Å². The maximum absolute atomic E-state index is 13.4. The molecular formula is C22H26FN5O3. The molecule has 1 aromatic carbocycles. The number of hydrogen-bond donors (Lipinski definition) is 2. The van der Waals surface area contributed by atoms with E-state index < -0.39 is 6.10 Å². The molecule has 5 rings (SSSR count). The number of piperidine rings is 1. The van der Waals surface area contributed by atoms with Crippen LogP contribution in [0.2, 0.25) is 0 Å². The third-order valence-electron chi connectivity index (χ3n) is 6.33. The molecule has 2 aromatic heterocycles. The average Bonchev–Trinajstić information content (AvgIpc) is 3.38. The predicted octanol–water partition coefficient (Wildman–Crippen LogP) is 3.08. The zero-order valence-electron chi connectivity index (χ0n) is 17.2. The number of oxazole rings is 1. The van der Waals surface area contributed by atoms with Gasteiger partial charge in [0.15, 0.2) is 5.58 Å². The fraction of sp³-hybridized carbons (Fsp3) is 0.500. The lowest BCUT2D eigenvalue weighted by atomic mass is 10.0. The van der Waals surface area contributed by atoms with Crippen molar-refractivity contribution in [2.45, 2.75) is 56.7 Å². The summed E-state index contributed by atoms with van der Waals surface area (Å²) >= 11 is 0. The molecular weight excluding hydrogens is 401 g/mol. The highest BCUT2D eigenvalue weighted by Gasteiger charge is 2.30. The maximum atomic E-state index is 13.4. The highest BCUT2D eigenvalue weighted by Crippen LogP contribution is 2.30. The topological polar surface area (TPSA) is 96.4 Å². The monoisotopic (exact) mass is 427 g/mol. The van der Waals surface area contributed by atoms with Crippen molar-refractivity contribution >= 4 is 22.9 Å². The molecule has 2 N–H and O–H groups in total. The molecule has 0 spiro atoms. The Morgan fingerprint density at radius 1 is 1.16 bits per heavy atom. The van der Waals surface area contributed by atoms with E-state index in [9.17, 15) is 14.3 Å². The zero-order valence-corrected chi connectivity index (χ0v) is 17.2. The molecule has 31 heavy (non-hydrogen) atoms. The summed E-state index contributed by atoms with van der Waals surface area (Å²) in [4.78, 5) is 18.9. The summed E-state index contributed by atoms with van der Waals surface area (Å²) in [7, 11) is 0. The first-order valence-electron chi connectivity index (χ1n) is 10.9. The summed E-state index contributed by atoms with van der Waals surface area (Å²) in [5.74, 6) is 0.393. The van der Waals surface area contributed by atoms with Crippen LogP contribution >= 0.6 is 0 Å². The standard InChI is InChI=1S/C22H26FN5O3/c23-14-7-8-19-16(12-14)25-22(31-19)24-13-15-4-1-2-11-27(15)20-9-10-21(30)28(26-20)17-5-3-6-18(17)29/h7-10,12,15,17-18,29H,1-6,11,13H2,(H,24,25). The quantitative estimate of drug-likeness (QED) is 0.646. The van der Waals surface area contributed by atoms with E-state index in [-0.39, 0.29) is 23.5 Å². The van der Waals surface area contributed by atoms with Crippen molar-refractivity contribution in [2.24, 2.45) is 0 Å². The van der Waals surface area contributed by atoms with Crippen molar-refractivity contribution in [2.75, 3.05) is 23.3 Å². The van der Waals surface area contributed by atoms with E-state index in [0.29, 0.717) is 30.1 Å². The number of aromatic nitrogens is 3. The van der Waals surface area contributed by atoms with Crippen LogP contribution in [0.4, 0.5) is 16.2 Å². The number of hydrogen-bond acceptors (Lipinski definition) is 7. The van der Waals surface area contributed by atoms with Gasteiger partial charge in [-0.25, -0.2) is 9.07 Å². The molecule has 3 atom stereocenters. The number of halogens is 1. The number of aliphatic hydroxyl groups is 1. The van der Waals surface area contributed by atoms with E-state index in [1.54, 1.807) is 18.2 Å². The number of benzene rings is 1. The van der Waals surface area contributed by atoms with E-state index in [1.807, 2.05) is 0 Å². The van der Waals surface area contributed by atoms with Gasteiger partial charge >= 0.3 is 0 Å². The van der Waals surface area contributed by atoms with E-state index in [0.717, 1.165) is 44.5 Å². The van der Waals surface area contributed by atoms with Crippen LogP contribution in [0.15, 0.2) is 39.5 Å². The second-order valence-corrected chi connectivity index (χ2v) is 8.39. The highest BCUT2D eigenvalue weighted by atomic mass is 19.1. The summed E-state index contributed by atoms with van der Waals surface area (Å²) in [5.41, 5.74) is 0.834. The number of aliphatic hydroxyl groups excluding tert-OH is 1. The summed E-state index contributed by atoms with van der Waals surface area (Å²) in [6.07, 6.45) is 4.95. The average molecular weight is 427 g/mol. The van der Waals surface area contributed by atoms with Crippen molar-refractivity contribution in [3.63, 3.8) is 0 Å². The smallest absolute Gasteiger partial charge is 0.295 e. The van der Waals surface area contributed by atoms with Gasteiger partial charge in [-0.2, -0.15) is 10.1 Å². The molecule has 3 aromatic rings. The molecule has 0 bridgehead atoms. The van der Waals surface area contributed by atoms with Gasteiger partial charge < -0.3 is 19.7 Å². The Balaban J connectivity index is 1.35.